The molecule has 13 nitrogen and oxygen atoms in total. The standard InChI is InChI=1S/C24H37N9O4/c1-4-13(5-2)27-20-16-21(31-24(30-20)28-14-9-7-12(25)8-10-14)33(11-26-16)23-18(35)17(34)19(36-23)22-29-15(6-3)32-37-22/h11-14,17-19,23,34-35H,4-10,25H2,1-3H3,(H2,27,28,30,31)/t12-,14-,17-,18+,19-,23+/m0/s1. The first-order chi connectivity index (χ1) is 17.9. The SMILES string of the molecule is CCc1noc([C@H]2O[C@@H](n3cnc4c(NC(CC)CC)nc(N[C@H]5CC[C@H](N)CC5)nc43)[C@H](O)[C@@H]2O)n1. The van der Waals surface area contributed by atoms with Crippen LogP contribution in [0, 0.1) is 0 Å². The third kappa shape index (κ3) is 5.13. The second-order valence-electron chi connectivity index (χ2n) is 9.96. The summed E-state index contributed by atoms with van der Waals surface area (Å²) in [5.74, 6) is 1.71. The van der Waals surface area contributed by atoms with E-state index in [0.717, 1.165) is 38.5 Å². The second-order valence-corrected chi connectivity index (χ2v) is 9.96. The highest BCUT2D eigenvalue weighted by atomic mass is 16.6. The molecular weight excluding hydrogens is 478 g/mol. The van der Waals surface area contributed by atoms with E-state index in [2.05, 4.69) is 39.6 Å². The molecule has 0 amide bonds. The fourth-order valence-corrected chi connectivity index (χ4v) is 5.02. The fraction of sp³-hybridized carbons (Fsp3) is 0.708. The summed E-state index contributed by atoms with van der Waals surface area (Å²) in [5, 5.41) is 32.5. The second kappa shape index (κ2) is 10.9. The van der Waals surface area contributed by atoms with Gasteiger partial charge in [-0.15, -0.1) is 0 Å². The van der Waals surface area contributed by atoms with E-state index in [1.54, 1.807) is 10.9 Å². The Labute approximate surface area is 215 Å². The van der Waals surface area contributed by atoms with Crippen LogP contribution in [0.15, 0.2) is 10.9 Å². The molecule has 1 aliphatic heterocycles. The number of aromatic nitrogens is 6. The number of nitrogens with two attached hydrogens (primary N) is 1. The number of aliphatic hydroxyl groups excluding tert-OH is 2. The van der Waals surface area contributed by atoms with E-state index >= 15 is 0 Å². The molecule has 1 aliphatic carbocycles. The lowest BCUT2D eigenvalue weighted by Gasteiger charge is -2.27. The quantitative estimate of drug-likeness (QED) is 0.280. The Kier molecular flexibility index (Phi) is 7.56. The number of aryl methyl sites for hydroxylation is 1. The molecule has 0 aromatic carbocycles. The highest BCUT2D eigenvalue weighted by Crippen LogP contribution is 2.40. The van der Waals surface area contributed by atoms with Crippen LogP contribution in [0.1, 0.15) is 83.3 Å². The van der Waals surface area contributed by atoms with Gasteiger partial charge in [0.25, 0.3) is 5.89 Å². The average molecular weight is 516 g/mol. The minimum Gasteiger partial charge on any atom is -0.387 e. The zero-order valence-electron chi connectivity index (χ0n) is 21.5. The summed E-state index contributed by atoms with van der Waals surface area (Å²) in [4.78, 5) is 18.4. The molecule has 0 unspecified atom stereocenters. The molecule has 1 saturated heterocycles. The van der Waals surface area contributed by atoms with Crippen LogP contribution in [-0.4, -0.2) is 70.2 Å². The summed E-state index contributed by atoms with van der Waals surface area (Å²) in [6.45, 7) is 6.14. The molecule has 3 aromatic rings. The van der Waals surface area contributed by atoms with Crippen molar-refractivity contribution >= 4 is 22.9 Å². The van der Waals surface area contributed by atoms with Crippen LogP contribution in [0.2, 0.25) is 0 Å². The lowest BCUT2D eigenvalue weighted by atomic mass is 9.92. The Morgan fingerprint density at radius 3 is 2.51 bits per heavy atom. The first-order valence-electron chi connectivity index (χ1n) is 13.3. The van der Waals surface area contributed by atoms with Crippen molar-refractivity contribution in [3.8, 4) is 0 Å². The molecule has 3 aromatic heterocycles. The Hall–Kier alpha value is -2.87. The molecule has 4 heterocycles. The first-order valence-corrected chi connectivity index (χ1v) is 13.3. The predicted octanol–water partition coefficient (Wildman–Crippen LogP) is 2.05. The molecule has 1 saturated carbocycles. The maximum absolute atomic E-state index is 10.9. The van der Waals surface area contributed by atoms with E-state index in [1.807, 2.05) is 6.92 Å². The summed E-state index contributed by atoms with van der Waals surface area (Å²) in [6, 6.07) is 0.677. The molecule has 0 radical (unpaired) electrons. The number of aliphatic hydroxyl groups is 2. The lowest BCUT2D eigenvalue weighted by Crippen LogP contribution is -2.33. The van der Waals surface area contributed by atoms with Crippen LogP contribution in [0.25, 0.3) is 11.2 Å². The Morgan fingerprint density at radius 2 is 1.84 bits per heavy atom. The van der Waals surface area contributed by atoms with Gasteiger partial charge in [0.05, 0.1) is 6.33 Å². The fourth-order valence-electron chi connectivity index (χ4n) is 5.02. The average Bonchev–Trinajstić information content (AvgIpc) is 3.62. The van der Waals surface area contributed by atoms with Gasteiger partial charge in [0.1, 0.15) is 12.2 Å². The number of rotatable bonds is 9. The highest BCUT2D eigenvalue weighted by molar-refractivity contribution is 5.84. The van der Waals surface area contributed by atoms with Crippen molar-refractivity contribution in [3.63, 3.8) is 0 Å². The Balaban J connectivity index is 1.48. The van der Waals surface area contributed by atoms with E-state index in [9.17, 15) is 10.2 Å². The van der Waals surface area contributed by atoms with Crippen molar-refractivity contribution in [2.75, 3.05) is 10.6 Å². The van der Waals surface area contributed by atoms with Gasteiger partial charge in [0.15, 0.2) is 35.1 Å². The topological polar surface area (TPSA) is 182 Å². The van der Waals surface area contributed by atoms with Crippen molar-refractivity contribution in [2.45, 2.75) is 108 Å². The van der Waals surface area contributed by atoms with Gasteiger partial charge in [-0.3, -0.25) is 4.57 Å². The molecule has 2 aliphatic rings. The van der Waals surface area contributed by atoms with Gasteiger partial charge in [-0.25, -0.2) is 4.98 Å². The summed E-state index contributed by atoms with van der Waals surface area (Å²) in [7, 11) is 0. The van der Waals surface area contributed by atoms with Gasteiger partial charge < -0.3 is 35.8 Å². The minimum atomic E-state index is -1.26. The summed E-state index contributed by atoms with van der Waals surface area (Å²) in [5.41, 5.74) is 7.12. The largest absolute Gasteiger partial charge is 0.387 e. The number of anilines is 2. The van der Waals surface area contributed by atoms with Gasteiger partial charge in [0.2, 0.25) is 5.95 Å². The third-order valence-electron chi connectivity index (χ3n) is 7.41. The van der Waals surface area contributed by atoms with E-state index in [0.29, 0.717) is 35.2 Å². The van der Waals surface area contributed by atoms with Crippen molar-refractivity contribution in [2.24, 2.45) is 5.73 Å². The number of ether oxygens (including phenoxy) is 1. The van der Waals surface area contributed by atoms with E-state index in [-0.39, 0.29) is 24.0 Å². The van der Waals surface area contributed by atoms with E-state index in [4.69, 9.17) is 25.0 Å². The van der Waals surface area contributed by atoms with E-state index in [1.165, 1.54) is 0 Å². The number of hydrogen-bond acceptors (Lipinski definition) is 12. The third-order valence-corrected chi connectivity index (χ3v) is 7.41. The van der Waals surface area contributed by atoms with Crippen molar-refractivity contribution in [1.82, 2.24) is 29.7 Å². The number of nitrogens with zero attached hydrogens (tertiary/aromatic N) is 6. The van der Waals surface area contributed by atoms with Crippen molar-refractivity contribution in [3.05, 3.63) is 18.0 Å². The van der Waals surface area contributed by atoms with Gasteiger partial charge in [-0.05, 0) is 38.5 Å². The van der Waals surface area contributed by atoms with Crippen LogP contribution in [0.5, 0.6) is 0 Å². The minimum absolute atomic E-state index is 0.124. The monoisotopic (exact) mass is 515 g/mol. The molecule has 6 N–H and O–H groups in total. The van der Waals surface area contributed by atoms with Crippen molar-refractivity contribution in [1.29, 1.82) is 0 Å². The highest BCUT2D eigenvalue weighted by Gasteiger charge is 2.47. The smallest absolute Gasteiger partial charge is 0.258 e. The summed E-state index contributed by atoms with van der Waals surface area (Å²) >= 11 is 0. The number of hydrogen-bond donors (Lipinski definition) is 5. The molecule has 0 bridgehead atoms. The van der Waals surface area contributed by atoms with Crippen LogP contribution in [-0.2, 0) is 11.2 Å². The molecule has 0 spiro atoms. The van der Waals surface area contributed by atoms with Crippen LogP contribution >= 0.6 is 0 Å². The maximum Gasteiger partial charge on any atom is 0.258 e. The summed E-state index contributed by atoms with van der Waals surface area (Å²) < 4.78 is 13.0. The molecule has 5 rings (SSSR count). The first kappa shape index (κ1) is 25.8. The molecule has 13 heteroatoms. The number of fused-ring (bicyclic) bond motifs is 1. The molecule has 37 heavy (non-hydrogen) atoms. The zero-order valence-corrected chi connectivity index (χ0v) is 21.5. The van der Waals surface area contributed by atoms with Crippen LogP contribution in [0.4, 0.5) is 11.8 Å². The molecule has 2 fully saturated rings. The Morgan fingerprint density at radius 1 is 1.08 bits per heavy atom. The van der Waals surface area contributed by atoms with Gasteiger partial charge in [-0.1, -0.05) is 25.9 Å². The van der Waals surface area contributed by atoms with Crippen LogP contribution < -0.4 is 16.4 Å². The number of nitrogens with one attached hydrogen (secondary N) is 2. The van der Waals surface area contributed by atoms with Gasteiger partial charge in [0, 0.05) is 24.5 Å². The van der Waals surface area contributed by atoms with Gasteiger partial charge >= 0.3 is 0 Å². The molecular formula is C24H37N9O4. The van der Waals surface area contributed by atoms with Crippen molar-refractivity contribution < 1.29 is 19.5 Å². The predicted molar refractivity (Wildman–Crippen MR) is 136 cm³/mol. The maximum atomic E-state index is 10.9. The lowest BCUT2D eigenvalue weighted by molar-refractivity contribution is -0.0451. The summed E-state index contributed by atoms with van der Waals surface area (Å²) in [6.07, 6.45) is 3.31. The number of imidazole rings is 1. The van der Waals surface area contributed by atoms with Gasteiger partial charge in [-0.2, -0.15) is 15.0 Å². The molecule has 4 atom stereocenters. The molecule has 202 valence electrons. The zero-order chi connectivity index (χ0) is 26.1. The normalized spacial score (nSPS) is 28.3. The van der Waals surface area contributed by atoms with Crippen LogP contribution in [0.3, 0.4) is 0 Å². The van der Waals surface area contributed by atoms with E-state index < -0.39 is 24.5 Å². The Bertz CT molecular complexity index is 1190.